The van der Waals surface area contributed by atoms with E-state index in [1.807, 2.05) is 24.3 Å². The van der Waals surface area contributed by atoms with Crippen LogP contribution in [0.1, 0.15) is 28.9 Å². The number of nitrogens with zero attached hydrogens (tertiary/aromatic N) is 1. The molecular formula is C29H26FN3O7. The molecule has 3 atom stereocenters. The van der Waals surface area contributed by atoms with E-state index < -0.39 is 24.3 Å². The van der Waals surface area contributed by atoms with Crippen molar-refractivity contribution in [2.45, 2.75) is 18.1 Å². The first-order valence-corrected chi connectivity index (χ1v) is 12.5. The van der Waals surface area contributed by atoms with Gasteiger partial charge in [-0.1, -0.05) is 18.2 Å². The zero-order valence-electron chi connectivity index (χ0n) is 21.9. The van der Waals surface area contributed by atoms with E-state index in [0.717, 1.165) is 22.2 Å². The number of aromatic nitrogens is 1. The SMILES string of the molecule is COC(=O)Oc1c(OC)cc([C@@H]2c3[nH]c4ccccc4c3[C@@H](Nc3ccc(F)cc3)[C@H]3COC(=O)N23)cc1OC. The van der Waals surface area contributed by atoms with Gasteiger partial charge in [-0.15, -0.1) is 0 Å². The third kappa shape index (κ3) is 4.10. The van der Waals surface area contributed by atoms with Crippen molar-refractivity contribution < 1.29 is 37.7 Å². The van der Waals surface area contributed by atoms with Crippen LogP contribution in [-0.2, 0) is 9.47 Å². The van der Waals surface area contributed by atoms with Gasteiger partial charge in [0.1, 0.15) is 18.5 Å². The Morgan fingerprint density at radius 1 is 1.05 bits per heavy atom. The van der Waals surface area contributed by atoms with Crippen LogP contribution < -0.4 is 19.5 Å². The van der Waals surface area contributed by atoms with Crippen LogP contribution in [0.2, 0.25) is 0 Å². The lowest BCUT2D eigenvalue weighted by molar-refractivity contribution is 0.118. The average Bonchev–Trinajstić information content (AvgIpc) is 3.55. The van der Waals surface area contributed by atoms with E-state index in [-0.39, 0.29) is 35.7 Å². The highest BCUT2D eigenvalue weighted by Gasteiger charge is 2.51. The fourth-order valence-electron chi connectivity index (χ4n) is 5.57. The monoisotopic (exact) mass is 547 g/mol. The van der Waals surface area contributed by atoms with Gasteiger partial charge in [0.05, 0.1) is 33.4 Å². The Balaban J connectivity index is 1.55. The number of H-pyrrole nitrogens is 1. The maximum absolute atomic E-state index is 13.6. The van der Waals surface area contributed by atoms with Crippen molar-refractivity contribution >= 4 is 28.8 Å². The number of fused-ring (bicyclic) bond motifs is 4. The van der Waals surface area contributed by atoms with E-state index in [1.165, 1.54) is 33.5 Å². The highest BCUT2D eigenvalue weighted by atomic mass is 19.1. The van der Waals surface area contributed by atoms with Gasteiger partial charge in [-0.3, -0.25) is 4.90 Å². The van der Waals surface area contributed by atoms with E-state index >= 15 is 0 Å². The Bertz CT molecular complexity index is 1580. The number of ether oxygens (including phenoxy) is 5. The molecule has 11 heteroatoms. The first-order chi connectivity index (χ1) is 19.4. The van der Waals surface area contributed by atoms with E-state index in [1.54, 1.807) is 29.2 Å². The molecule has 1 amide bonds. The van der Waals surface area contributed by atoms with Crippen LogP contribution in [0.3, 0.4) is 0 Å². The van der Waals surface area contributed by atoms with Gasteiger partial charge < -0.3 is 34.0 Å². The molecule has 0 bridgehead atoms. The summed E-state index contributed by atoms with van der Waals surface area (Å²) >= 11 is 0. The summed E-state index contributed by atoms with van der Waals surface area (Å²) in [6.45, 7) is 0.144. The van der Waals surface area contributed by atoms with E-state index in [2.05, 4.69) is 15.0 Å². The Hall–Kier alpha value is -4.93. The zero-order valence-corrected chi connectivity index (χ0v) is 21.9. The molecule has 0 spiro atoms. The predicted molar refractivity (Wildman–Crippen MR) is 142 cm³/mol. The summed E-state index contributed by atoms with van der Waals surface area (Å²) in [6.07, 6.45) is -1.42. The molecule has 2 N–H and O–H groups in total. The molecule has 4 aromatic rings. The summed E-state index contributed by atoms with van der Waals surface area (Å²) in [5.41, 5.74) is 3.96. The number of amides is 1. The molecule has 206 valence electrons. The van der Waals surface area contributed by atoms with Crippen LogP contribution in [-0.4, -0.2) is 56.1 Å². The van der Waals surface area contributed by atoms with E-state index in [0.29, 0.717) is 11.3 Å². The fourth-order valence-corrected chi connectivity index (χ4v) is 5.57. The van der Waals surface area contributed by atoms with Gasteiger partial charge in [-0.2, -0.15) is 0 Å². The molecule has 0 radical (unpaired) electrons. The van der Waals surface area contributed by atoms with Gasteiger partial charge in [-0.05, 0) is 48.0 Å². The molecule has 40 heavy (non-hydrogen) atoms. The number of anilines is 1. The van der Waals surface area contributed by atoms with Crippen molar-refractivity contribution in [3.63, 3.8) is 0 Å². The minimum absolute atomic E-state index is 0.0460. The van der Waals surface area contributed by atoms with Crippen molar-refractivity contribution in [2.75, 3.05) is 33.3 Å². The number of halogens is 1. The second-order valence-corrected chi connectivity index (χ2v) is 9.39. The van der Waals surface area contributed by atoms with Gasteiger partial charge in [0, 0.05) is 27.8 Å². The van der Waals surface area contributed by atoms with Crippen molar-refractivity contribution in [3.05, 3.63) is 83.3 Å². The number of para-hydroxylation sites is 1. The molecule has 1 aromatic heterocycles. The summed E-state index contributed by atoms with van der Waals surface area (Å²) in [6, 6.07) is 15.9. The van der Waals surface area contributed by atoms with Gasteiger partial charge in [0.15, 0.2) is 11.5 Å². The lowest BCUT2D eigenvalue weighted by Crippen LogP contribution is -2.47. The molecule has 10 nitrogen and oxygen atoms in total. The minimum Gasteiger partial charge on any atom is -0.493 e. The summed E-state index contributed by atoms with van der Waals surface area (Å²) in [7, 11) is 4.08. The lowest BCUT2D eigenvalue weighted by atomic mass is 9.85. The van der Waals surface area contributed by atoms with E-state index in [9.17, 15) is 14.0 Å². The molecule has 0 aliphatic carbocycles. The van der Waals surface area contributed by atoms with Gasteiger partial charge in [0.25, 0.3) is 0 Å². The number of benzene rings is 3. The molecule has 2 aliphatic rings. The number of nitrogens with one attached hydrogen (secondary N) is 2. The number of hydrogen-bond donors (Lipinski definition) is 2. The van der Waals surface area contributed by atoms with Crippen molar-refractivity contribution in [1.29, 1.82) is 0 Å². The van der Waals surface area contributed by atoms with Crippen molar-refractivity contribution in [1.82, 2.24) is 9.88 Å². The van der Waals surface area contributed by atoms with Crippen LogP contribution in [0.25, 0.3) is 10.9 Å². The van der Waals surface area contributed by atoms with Crippen molar-refractivity contribution in [3.8, 4) is 17.2 Å². The Morgan fingerprint density at radius 3 is 2.42 bits per heavy atom. The normalized spacial score (nSPS) is 19.4. The molecule has 3 aromatic carbocycles. The number of cyclic esters (lactones) is 1. The zero-order chi connectivity index (χ0) is 28.0. The first-order valence-electron chi connectivity index (χ1n) is 12.5. The molecule has 1 saturated heterocycles. The number of aromatic amines is 1. The smallest absolute Gasteiger partial charge is 0.493 e. The molecule has 0 saturated carbocycles. The summed E-state index contributed by atoms with van der Waals surface area (Å²) in [4.78, 5) is 30.4. The maximum Gasteiger partial charge on any atom is 0.513 e. The number of hydrogen-bond acceptors (Lipinski definition) is 8. The molecular weight excluding hydrogens is 521 g/mol. The third-order valence-electron chi connectivity index (χ3n) is 7.29. The minimum atomic E-state index is -0.933. The Labute approximate surface area is 228 Å². The summed E-state index contributed by atoms with van der Waals surface area (Å²) in [5.74, 6) is 0.136. The maximum atomic E-state index is 13.6. The quantitative estimate of drug-likeness (QED) is 0.239. The summed E-state index contributed by atoms with van der Waals surface area (Å²) < 4.78 is 40.3. The third-order valence-corrected chi connectivity index (χ3v) is 7.29. The Morgan fingerprint density at radius 2 is 1.75 bits per heavy atom. The molecule has 2 aliphatic heterocycles. The number of carbonyl (C=O) groups excluding carboxylic acids is 2. The topological polar surface area (TPSA) is 111 Å². The first kappa shape index (κ1) is 25.4. The molecule has 6 rings (SSSR count). The number of rotatable bonds is 6. The summed E-state index contributed by atoms with van der Waals surface area (Å²) in [5, 5.41) is 4.48. The Kier molecular flexibility index (Phi) is 6.33. The van der Waals surface area contributed by atoms with Gasteiger partial charge >= 0.3 is 12.2 Å². The predicted octanol–water partition coefficient (Wildman–Crippen LogP) is 5.55. The van der Waals surface area contributed by atoms with Gasteiger partial charge in [-0.25, -0.2) is 14.0 Å². The van der Waals surface area contributed by atoms with Crippen LogP contribution >= 0.6 is 0 Å². The van der Waals surface area contributed by atoms with Crippen molar-refractivity contribution in [2.24, 2.45) is 0 Å². The lowest BCUT2D eigenvalue weighted by Gasteiger charge is -2.41. The molecule has 0 unspecified atom stereocenters. The van der Waals surface area contributed by atoms with Crippen LogP contribution in [0.5, 0.6) is 17.2 Å². The second-order valence-electron chi connectivity index (χ2n) is 9.39. The second kappa shape index (κ2) is 9.99. The molecule has 3 heterocycles. The standard InChI is InChI=1S/C29H26FN3O7/c1-36-21-12-15(13-22(37-2)27(21)40-29(35)38-3)26-25-23(18-6-4-5-7-19(18)32-25)24(20-14-39-28(34)33(20)26)31-17-10-8-16(30)9-11-17/h4-13,20,24,26,31-32H,14H2,1-3H3/t20-,24+,26-/m1/s1. The number of carbonyl (C=O) groups is 2. The average molecular weight is 548 g/mol. The van der Waals surface area contributed by atoms with Crippen LogP contribution in [0.15, 0.2) is 60.7 Å². The van der Waals surface area contributed by atoms with Gasteiger partial charge in [0.2, 0.25) is 5.75 Å². The van der Waals surface area contributed by atoms with E-state index in [4.69, 9.17) is 18.9 Å². The molecule has 1 fully saturated rings. The fraction of sp³-hybridized carbons (Fsp3) is 0.241. The number of methoxy groups -OCH3 is 3. The highest BCUT2D eigenvalue weighted by Crippen LogP contribution is 2.51. The largest absolute Gasteiger partial charge is 0.513 e. The highest BCUT2D eigenvalue weighted by molar-refractivity contribution is 5.88. The van der Waals surface area contributed by atoms with Crippen LogP contribution in [0, 0.1) is 5.82 Å². The van der Waals surface area contributed by atoms with Crippen LogP contribution in [0.4, 0.5) is 19.7 Å².